The third-order valence-electron chi connectivity index (χ3n) is 4.12. The number of likely N-dealkylation sites (tertiary alicyclic amines) is 1. The summed E-state index contributed by atoms with van der Waals surface area (Å²) in [4.78, 5) is 23.6. The molecular formula is C17H23N5O. The van der Waals surface area contributed by atoms with Gasteiger partial charge in [-0.25, -0.2) is 4.98 Å². The Morgan fingerprint density at radius 2 is 2.09 bits per heavy atom. The van der Waals surface area contributed by atoms with Crippen LogP contribution in [-0.2, 0) is 4.79 Å². The predicted molar refractivity (Wildman–Crippen MR) is 87.5 cm³/mol. The predicted octanol–water partition coefficient (Wildman–Crippen LogP) is 2.88. The third-order valence-corrected chi connectivity index (χ3v) is 4.12. The molecule has 1 unspecified atom stereocenters. The van der Waals surface area contributed by atoms with Gasteiger partial charge in [0.25, 0.3) is 0 Å². The van der Waals surface area contributed by atoms with Crippen molar-refractivity contribution in [3.63, 3.8) is 0 Å². The first-order chi connectivity index (χ1) is 10.9. The summed E-state index contributed by atoms with van der Waals surface area (Å²) in [5.74, 6) is 0.169. The molecule has 3 rings (SSSR count). The molecule has 3 heterocycles. The molecule has 0 bridgehead atoms. The highest BCUT2D eigenvalue weighted by molar-refractivity contribution is 5.82. The van der Waals surface area contributed by atoms with Gasteiger partial charge in [-0.15, -0.1) is 0 Å². The zero-order chi connectivity index (χ0) is 16.6. The SMILES string of the molecule is Cc1cc(-c2cncc(C3CCCN3C(=O)C(C)(C)C)n2)n[nH]1. The highest BCUT2D eigenvalue weighted by Crippen LogP contribution is 2.34. The van der Waals surface area contributed by atoms with Gasteiger partial charge in [-0.1, -0.05) is 20.8 Å². The molecule has 6 heteroatoms. The Kier molecular flexibility index (Phi) is 3.92. The lowest BCUT2D eigenvalue weighted by Gasteiger charge is -2.30. The molecule has 1 fully saturated rings. The number of nitrogens with zero attached hydrogens (tertiary/aromatic N) is 4. The molecule has 0 radical (unpaired) electrons. The van der Waals surface area contributed by atoms with E-state index >= 15 is 0 Å². The maximum Gasteiger partial charge on any atom is 0.228 e. The standard InChI is InChI=1S/C17H23N5O/c1-11-8-12(21-20-11)13-9-18-10-14(19-13)15-6-5-7-22(15)16(23)17(2,3)4/h8-10,15H,5-7H2,1-4H3,(H,20,21). The van der Waals surface area contributed by atoms with Gasteiger partial charge < -0.3 is 4.90 Å². The fourth-order valence-corrected chi connectivity index (χ4v) is 2.96. The van der Waals surface area contributed by atoms with E-state index in [2.05, 4.69) is 15.2 Å². The molecule has 0 aromatic carbocycles. The molecule has 2 aromatic rings. The Morgan fingerprint density at radius 1 is 1.30 bits per heavy atom. The van der Waals surface area contributed by atoms with Crippen LogP contribution in [-0.4, -0.2) is 37.5 Å². The Labute approximate surface area is 136 Å². The number of aromatic amines is 1. The van der Waals surface area contributed by atoms with Crippen molar-refractivity contribution < 1.29 is 4.79 Å². The molecule has 23 heavy (non-hydrogen) atoms. The molecule has 2 aromatic heterocycles. The van der Waals surface area contributed by atoms with Crippen LogP contribution >= 0.6 is 0 Å². The first-order valence-electron chi connectivity index (χ1n) is 8.01. The summed E-state index contributed by atoms with van der Waals surface area (Å²) < 4.78 is 0. The zero-order valence-electron chi connectivity index (χ0n) is 14.1. The number of amides is 1. The third kappa shape index (κ3) is 3.11. The van der Waals surface area contributed by atoms with Crippen LogP contribution in [0.3, 0.4) is 0 Å². The van der Waals surface area contributed by atoms with Gasteiger partial charge in [0.15, 0.2) is 0 Å². The molecule has 1 aliphatic heterocycles. The number of nitrogens with one attached hydrogen (secondary N) is 1. The normalized spacial score (nSPS) is 18.4. The Balaban J connectivity index is 1.90. The van der Waals surface area contributed by atoms with E-state index in [4.69, 9.17) is 4.98 Å². The van der Waals surface area contributed by atoms with Crippen LogP contribution < -0.4 is 0 Å². The van der Waals surface area contributed by atoms with E-state index in [-0.39, 0.29) is 17.4 Å². The lowest BCUT2D eigenvalue weighted by Crippen LogP contribution is -2.39. The molecule has 1 saturated heterocycles. The molecule has 122 valence electrons. The summed E-state index contributed by atoms with van der Waals surface area (Å²) in [5.41, 5.74) is 2.97. The van der Waals surface area contributed by atoms with Crippen molar-refractivity contribution in [1.29, 1.82) is 0 Å². The summed E-state index contributed by atoms with van der Waals surface area (Å²) in [6, 6.07) is 1.95. The number of carbonyl (C=O) groups is 1. The van der Waals surface area contributed by atoms with Gasteiger partial charge in [-0.3, -0.25) is 14.9 Å². The van der Waals surface area contributed by atoms with Gasteiger partial charge in [0.1, 0.15) is 11.4 Å². The van der Waals surface area contributed by atoms with Crippen molar-refractivity contribution in [1.82, 2.24) is 25.1 Å². The quantitative estimate of drug-likeness (QED) is 0.925. The minimum Gasteiger partial charge on any atom is -0.334 e. The van der Waals surface area contributed by atoms with E-state index in [1.807, 2.05) is 38.7 Å². The van der Waals surface area contributed by atoms with Gasteiger partial charge in [0.05, 0.1) is 24.1 Å². The van der Waals surface area contributed by atoms with Gasteiger partial charge in [0.2, 0.25) is 5.91 Å². The maximum absolute atomic E-state index is 12.7. The molecule has 1 aliphatic rings. The summed E-state index contributed by atoms with van der Waals surface area (Å²) in [6.45, 7) is 8.61. The van der Waals surface area contributed by atoms with Crippen molar-refractivity contribution >= 4 is 5.91 Å². The van der Waals surface area contributed by atoms with Gasteiger partial charge in [0, 0.05) is 17.7 Å². The molecule has 0 aliphatic carbocycles. The van der Waals surface area contributed by atoms with Crippen molar-refractivity contribution in [2.75, 3.05) is 6.54 Å². The molecule has 1 atom stereocenters. The van der Waals surface area contributed by atoms with Crippen LogP contribution in [0.15, 0.2) is 18.5 Å². The van der Waals surface area contributed by atoms with Crippen LogP contribution in [0.25, 0.3) is 11.4 Å². The van der Waals surface area contributed by atoms with E-state index in [1.165, 1.54) is 0 Å². The summed E-state index contributed by atoms with van der Waals surface area (Å²) in [6.07, 6.45) is 5.41. The van der Waals surface area contributed by atoms with Crippen LogP contribution in [0.1, 0.15) is 51.0 Å². The smallest absolute Gasteiger partial charge is 0.228 e. The van der Waals surface area contributed by atoms with Crippen LogP contribution in [0.4, 0.5) is 0 Å². The first kappa shape index (κ1) is 15.6. The summed E-state index contributed by atoms with van der Waals surface area (Å²) in [7, 11) is 0. The van der Waals surface area contributed by atoms with E-state index in [1.54, 1.807) is 12.4 Å². The minimum absolute atomic E-state index is 0.00853. The average Bonchev–Trinajstić information content (AvgIpc) is 3.14. The fraction of sp³-hybridized carbons (Fsp3) is 0.529. The van der Waals surface area contributed by atoms with E-state index < -0.39 is 0 Å². The number of hydrogen-bond acceptors (Lipinski definition) is 4. The van der Waals surface area contributed by atoms with Crippen LogP contribution in [0, 0.1) is 12.3 Å². The molecule has 0 spiro atoms. The summed E-state index contributed by atoms with van der Waals surface area (Å²) in [5, 5.41) is 7.16. The minimum atomic E-state index is -0.382. The second-order valence-electron chi connectivity index (χ2n) is 7.17. The van der Waals surface area contributed by atoms with Crippen LogP contribution in [0.2, 0.25) is 0 Å². The number of carbonyl (C=O) groups excluding carboxylic acids is 1. The average molecular weight is 313 g/mol. The van der Waals surface area contributed by atoms with Gasteiger partial charge in [-0.05, 0) is 25.8 Å². The second-order valence-corrected chi connectivity index (χ2v) is 7.17. The second kappa shape index (κ2) is 5.76. The topological polar surface area (TPSA) is 74.8 Å². The lowest BCUT2D eigenvalue weighted by atomic mass is 9.94. The molecule has 1 N–H and O–H groups in total. The Bertz CT molecular complexity index is 716. The fourth-order valence-electron chi connectivity index (χ4n) is 2.96. The van der Waals surface area contributed by atoms with E-state index in [9.17, 15) is 4.79 Å². The number of aryl methyl sites for hydroxylation is 1. The largest absolute Gasteiger partial charge is 0.334 e. The maximum atomic E-state index is 12.7. The number of rotatable bonds is 2. The Hall–Kier alpha value is -2.24. The van der Waals surface area contributed by atoms with Crippen LogP contribution in [0.5, 0.6) is 0 Å². The van der Waals surface area contributed by atoms with Crippen molar-refractivity contribution in [2.24, 2.45) is 5.41 Å². The highest BCUT2D eigenvalue weighted by Gasteiger charge is 2.36. The monoisotopic (exact) mass is 313 g/mol. The lowest BCUT2D eigenvalue weighted by molar-refractivity contribution is -0.140. The highest BCUT2D eigenvalue weighted by atomic mass is 16.2. The molecule has 6 nitrogen and oxygen atoms in total. The van der Waals surface area contributed by atoms with E-state index in [0.29, 0.717) is 0 Å². The van der Waals surface area contributed by atoms with Crippen molar-refractivity contribution in [3.05, 3.63) is 29.8 Å². The number of aromatic nitrogens is 4. The number of H-pyrrole nitrogens is 1. The molecular weight excluding hydrogens is 290 g/mol. The molecule has 0 saturated carbocycles. The Morgan fingerprint density at radius 3 is 2.74 bits per heavy atom. The first-order valence-corrected chi connectivity index (χ1v) is 8.01. The van der Waals surface area contributed by atoms with Crippen molar-refractivity contribution in [2.45, 2.75) is 46.6 Å². The summed E-state index contributed by atoms with van der Waals surface area (Å²) >= 11 is 0. The van der Waals surface area contributed by atoms with Gasteiger partial charge in [-0.2, -0.15) is 5.10 Å². The van der Waals surface area contributed by atoms with Gasteiger partial charge >= 0.3 is 0 Å². The van der Waals surface area contributed by atoms with E-state index in [0.717, 1.165) is 42.2 Å². The number of hydrogen-bond donors (Lipinski definition) is 1. The molecule has 1 amide bonds. The zero-order valence-corrected chi connectivity index (χ0v) is 14.1. The van der Waals surface area contributed by atoms with Crippen molar-refractivity contribution in [3.8, 4) is 11.4 Å².